The summed E-state index contributed by atoms with van der Waals surface area (Å²) >= 11 is -1.00. The summed E-state index contributed by atoms with van der Waals surface area (Å²) in [6.45, 7) is 13.5. The second-order valence-electron chi connectivity index (χ2n) is 4.50. The summed E-state index contributed by atoms with van der Waals surface area (Å²) in [5, 5.41) is 0. The van der Waals surface area contributed by atoms with E-state index < -0.39 is 0 Å². The van der Waals surface area contributed by atoms with Gasteiger partial charge in [0.05, 0.1) is 0 Å². The van der Waals surface area contributed by atoms with Gasteiger partial charge in [-0.3, -0.25) is 0 Å². The zero-order valence-electron chi connectivity index (χ0n) is 14.2. The van der Waals surface area contributed by atoms with Crippen LogP contribution in [0.4, 0.5) is 0 Å². The van der Waals surface area contributed by atoms with E-state index in [0.29, 0.717) is 0 Å². The molecule has 1 unspecified atom stereocenters. The third-order valence-electron chi connectivity index (χ3n) is 0. The first-order valence-electron chi connectivity index (χ1n) is 5.11. The topological polar surface area (TPSA) is 59.7 Å². The number of rotatable bonds is 0. The number of hydrogen-bond donors (Lipinski definition) is 0. The van der Waals surface area contributed by atoms with E-state index in [9.17, 15) is 0 Å². The summed E-state index contributed by atoms with van der Waals surface area (Å²) < 4.78 is 22.5. The second-order valence-corrected chi connectivity index (χ2v) is 23.4. The van der Waals surface area contributed by atoms with Gasteiger partial charge in [-0.15, -0.1) is 0 Å². The van der Waals surface area contributed by atoms with Crippen molar-refractivity contribution in [2.45, 2.75) is 51.8 Å². The van der Waals surface area contributed by atoms with Crippen LogP contribution < -0.4 is 0 Å². The summed E-state index contributed by atoms with van der Waals surface area (Å²) in [5.74, 6) is 21.0. The minimum absolute atomic E-state index is 0. The van der Waals surface area contributed by atoms with Crippen LogP contribution in [0, 0.1) is 20.0 Å². The molecule has 0 aromatic rings. The molecule has 8 heteroatoms. The van der Waals surface area contributed by atoms with E-state index in [2.05, 4.69) is 71.8 Å². The van der Waals surface area contributed by atoms with Crippen molar-refractivity contribution in [1.29, 1.82) is 0 Å². The van der Waals surface area contributed by atoms with Crippen LogP contribution in [-0.2, 0) is 30.4 Å². The fourth-order valence-corrected chi connectivity index (χ4v) is 0. The summed E-state index contributed by atoms with van der Waals surface area (Å²) in [6.07, 6.45) is 0. The van der Waals surface area contributed by atoms with Gasteiger partial charge in [-0.25, -0.2) is 0 Å². The minimum Gasteiger partial charge on any atom is 0 e. The summed E-state index contributed by atoms with van der Waals surface area (Å²) in [6, 6.07) is 0. The van der Waals surface area contributed by atoms with Crippen LogP contribution in [-0.4, -0.2) is 43.0 Å². The Morgan fingerprint density at radius 1 is 0.450 bits per heavy atom. The molecule has 20 heavy (non-hydrogen) atoms. The average molecular weight is 530 g/mol. The molecule has 0 aromatic heterocycles. The Kier molecular flexibility index (Phi) is 173. The molecule has 0 saturated heterocycles. The molecule has 0 heterocycles. The minimum atomic E-state index is -0.333. The third kappa shape index (κ3) is 2220. The average Bonchev–Trinajstić information content (AvgIpc) is 2.23. The molecular weight excluding hydrogens is 500 g/mol. The molecule has 0 bridgehead atoms. The zero-order valence-corrected chi connectivity index (χ0v) is 22.9. The van der Waals surface area contributed by atoms with Crippen LogP contribution in [0.5, 0.6) is 0 Å². The zero-order chi connectivity index (χ0) is 16.7. The van der Waals surface area contributed by atoms with Gasteiger partial charge in [-0.2, -0.15) is 9.90 Å². The maximum atomic E-state index is 7.50. The van der Waals surface area contributed by atoms with Crippen molar-refractivity contribution >= 4 is 52.9 Å². The van der Waals surface area contributed by atoms with Crippen LogP contribution in [0.3, 0.4) is 0 Å². The van der Waals surface area contributed by atoms with Crippen molar-refractivity contribution in [3.8, 4) is 0 Å². The van der Waals surface area contributed by atoms with Crippen LogP contribution in [0.15, 0.2) is 0 Å². The molecule has 0 saturated carbocycles. The Balaban J connectivity index is -0.0000000146. The van der Waals surface area contributed by atoms with Gasteiger partial charge in [0, 0.05) is 16.5 Å². The Morgan fingerprint density at radius 2 is 0.450 bits per heavy atom. The van der Waals surface area contributed by atoms with Gasteiger partial charge >= 0.3 is 129 Å². The molecule has 0 aliphatic carbocycles. The normalized spacial score (nSPS) is 5.70. The molecule has 0 aliphatic rings. The first-order chi connectivity index (χ1) is 8.20. The fraction of sp³-hybridized carbons (Fsp3) is 0.750. The SMILES string of the molecule is P.[C-]#[O+].[C-]#[O+].[C-]#[O+].[CH3][Ge]([CH3])[CH3].[CH3][Ge]([CH3])[CH3].[CH3][Ge]([CH3])[CH3].[Ni]. The molecule has 0 fully saturated rings. The van der Waals surface area contributed by atoms with Crippen LogP contribution in [0.1, 0.15) is 0 Å². The monoisotopic (exact) mass is 533 g/mol. The molecule has 1 atom stereocenters. The van der Waals surface area contributed by atoms with E-state index in [-0.39, 0.29) is 69.4 Å². The summed E-state index contributed by atoms with van der Waals surface area (Å²) in [4.78, 5) is 0. The molecule has 0 spiro atoms. The van der Waals surface area contributed by atoms with E-state index in [1.165, 1.54) is 0 Å². The summed E-state index contributed by atoms with van der Waals surface area (Å²) in [5.41, 5.74) is 0. The molecule has 123 valence electrons. The van der Waals surface area contributed by atoms with Gasteiger partial charge in [0.25, 0.3) is 0 Å². The van der Waals surface area contributed by atoms with Crippen LogP contribution in [0.2, 0.25) is 51.8 Å². The number of hydrogen-bond acceptors (Lipinski definition) is 0. The van der Waals surface area contributed by atoms with Crippen molar-refractivity contribution in [2.24, 2.45) is 0 Å². The van der Waals surface area contributed by atoms with Gasteiger partial charge in [0.1, 0.15) is 0 Å². The summed E-state index contributed by atoms with van der Waals surface area (Å²) in [7, 11) is 0. The predicted molar refractivity (Wildman–Crippen MR) is 92.9 cm³/mol. The fourth-order valence-electron chi connectivity index (χ4n) is 0. The first kappa shape index (κ1) is 49.5. The standard InChI is InChI=1S/3C3H9Ge.3CO.Ni.H3P/c3*1-4(2)3;3*1-2;;/h3*1-3H3;;;;;1H3. The molecule has 0 aromatic carbocycles. The van der Waals surface area contributed by atoms with Gasteiger partial charge in [0.15, 0.2) is 0 Å². The van der Waals surface area contributed by atoms with Crippen molar-refractivity contribution in [2.75, 3.05) is 0 Å². The van der Waals surface area contributed by atoms with Crippen molar-refractivity contribution < 1.29 is 30.4 Å². The largest absolute Gasteiger partial charge is 0 e. The predicted octanol–water partition coefficient (Wildman–Crippen LogP) is 4.05. The Bertz CT molecular complexity index is 127. The first-order valence-corrected chi connectivity index (χ1v) is 24.0. The van der Waals surface area contributed by atoms with Gasteiger partial charge in [-0.1, -0.05) is 0 Å². The second kappa shape index (κ2) is 70.0. The van der Waals surface area contributed by atoms with Crippen LogP contribution >= 0.6 is 9.90 Å². The quantitative estimate of drug-likeness (QED) is 0.197. The molecule has 3 nitrogen and oxygen atoms in total. The maximum Gasteiger partial charge on any atom is 0 e. The van der Waals surface area contributed by atoms with E-state index in [0.717, 1.165) is 0 Å². The Hall–Kier alpha value is 1.77. The third-order valence-corrected chi connectivity index (χ3v) is 0. The molecular formula is C12H30Ge3NiO3P. The molecule has 0 rings (SSSR count). The van der Waals surface area contributed by atoms with Gasteiger partial charge in [0.2, 0.25) is 0 Å². The van der Waals surface area contributed by atoms with E-state index in [1.54, 1.807) is 0 Å². The van der Waals surface area contributed by atoms with Crippen molar-refractivity contribution in [1.82, 2.24) is 0 Å². The Labute approximate surface area is 154 Å². The maximum absolute atomic E-state index is 7.50. The van der Waals surface area contributed by atoms with Gasteiger partial charge < -0.3 is 0 Å². The van der Waals surface area contributed by atoms with Crippen molar-refractivity contribution in [3.05, 3.63) is 20.0 Å². The van der Waals surface area contributed by atoms with E-state index in [4.69, 9.17) is 14.0 Å². The smallest absolute Gasteiger partial charge is 0 e. The molecule has 0 N–H and O–H groups in total. The van der Waals surface area contributed by atoms with E-state index >= 15 is 0 Å². The van der Waals surface area contributed by atoms with Crippen molar-refractivity contribution in [3.63, 3.8) is 0 Å². The molecule has 3 radical (unpaired) electrons. The van der Waals surface area contributed by atoms with E-state index in [1.807, 2.05) is 0 Å². The Morgan fingerprint density at radius 3 is 0.450 bits per heavy atom. The molecule has 0 aliphatic heterocycles. The van der Waals surface area contributed by atoms with Crippen LogP contribution in [0.25, 0.3) is 0 Å². The van der Waals surface area contributed by atoms with Gasteiger partial charge in [-0.05, 0) is 0 Å². The molecule has 0 amide bonds.